The first-order valence-corrected chi connectivity index (χ1v) is 8.91. The largest absolute Gasteiger partial charge is 0.462 e. The summed E-state index contributed by atoms with van der Waals surface area (Å²) in [6, 6.07) is 21.1. The van der Waals surface area contributed by atoms with E-state index in [1.54, 1.807) is 0 Å². The molecule has 2 aromatic rings. The van der Waals surface area contributed by atoms with Crippen molar-refractivity contribution in [3.63, 3.8) is 0 Å². The lowest BCUT2D eigenvalue weighted by atomic mass is 9.78. The number of rotatable bonds is 7. The Morgan fingerprint density at radius 3 is 2.40 bits per heavy atom. The van der Waals surface area contributed by atoms with Gasteiger partial charge in [-0.3, -0.25) is 0 Å². The minimum Gasteiger partial charge on any atom is -0.462 e. The zero-order chi connectivity index (χ0) is 17.7. The Hall–Kier alpha value is -2.39. The number of esters is 1. The number of carbonyl (C=O) groups excluding carboxylic acids is 1. The van der Waals surface area contributed by atoms with E-state index in [0.29, 0.717) is 23.6 Å². The summed E-state index contributed by atoms with van der Waals surface area (Å²) in [6.07, 6.45) is 2.02. The Morgan fingerprint density at radius 1 is 1.16 bits per heavy atom. The number of likely N-dealkylation sites (tertiary alicyclic amines) is 1. The van der Waals surface area contributed by atoms with Crippen LogP contribution < -0.4 is 0 Å². The quantitative estimate of drug-likeness (QED) is 0.435. The summed E-state index contributed by atoms with van der Waals surface area (Å²) in [4.78, 5) is 12.3. The zero-order valence-corrected chi connectivity index (χ0v) is 14.8. The fourth-order valence-electron chi connectivity index (χ4n) is 4.06. The summed E-state index contributed by atoms with van der Waals surface area (Å²) in [6.45, 7) is 8.49. The monoisotopic (exact) mass is 336 g/mol. The molecule has 130 valence electrons. The summed E-state index contributed by atoms with van der Waals surface area (Å²) < 4.78 is 5.94. The third kappa shape index (κ3) is 3.67. The number of hydrogen-bond donors (Lipinski definition) is 0. The molecular formula is C22H26NO2+. The van der Waals surface area contributed by atoms with Gasteiger partial charge >= 0.3 is 5.97 Å². The summed E-state index contributed by atoms with van der Waals surface area (Å²) in [7, 11) is 0. The minimum absolute atomic E-state index is 0.128. The van der Waals surface area contributed by atoms with E-state index in [4.69, 9.17) is 4.74 Å². The predicted octanol–water partition coefficient (Wildman–Crippen LogP) is 3.92. The SMILES string of the molecule is C=C[C@H]1[C@H](c2ccccc2)C[N@+]1(CC(=O)OCC)Cc1ccccc1. The fraction of sp³-hybridized carbons (Fsp3) is 0.318. The number of carbonyl (C=O) groups is 1. The van der Waals surface area contributed by atoms with Crippen molar-refractivity contribution < 1.29 is 14.0 Å². The average Bonchev–Trinajstić information content (AvgIpc) is 2.61. The van der Waals surface area contributed by atoms with E-state index in [1.807, 2.05) is 37.3 Å². The maximum absolute atomic E-state index is 12.3. The van der Waals surface area contributed by atoms with Crippen LogP contribution in [0.5, 0.6) is 0 Å². The molecule has 0 saturated carbocycles. The molecule has 3 atom stereocenters. The van der Waals surface area contributed by atoms with Gasteiger partial charge in [0.2, 0.25) is 0 Å². The highest BCUT2D eigenvalue weighted by atomic mass is 16.5. The first-order chi connectivity index (χ1) is 12.2. The molecule has 1 heterocycles. The van der Waals surface area contributed by atoms with Crippen LogP contribution in [0.15, 0.2) is 73.3 Å². The number of benzene rings is 2. The molecule has 1 saturated heterocycles. The molecule has 0 aromatic heterocycles. The van der Waals surface area contributed by atoms with Crippen LogP contribution in [0.1, 0.15) is 24.0 Å². The highest BCUT2D eigenvalue weighted by Crippen LogP contribution is 2.43. The van der Waals surface area contributed by atoms with Crippen molar-refractivity contribution in [3.8, 4) is 0 Å². The molecule has 0 spiro atoms. The van der Waals surface area contributed by atoms with Crippen LogP contribution in [0.2, 0.25) is 0 Å². The van der Waals surface area contributed by atoms with Crippen LogP contribution in [0, 0.1) is 0 Å². The number of nitrogens with zero attached hydrogens (tertiary/aromatic N) is 1. The second-order valence-electron chi connectivity index (χ2n) is 6.75. The van der Waals surface area contributed by atoms with Crippen LogP contribution in [-0.4, -0.2) is 36.2 Å². The molecule has 1 aliphatic heterocycles. The number of hydrogen-bond acceptors (Lipinski definition) is 2. The highest BCUT2D eigenvalue weighted by Gasteiger charge is 2.54. The zero-order valence-electron chi connectivity index (χ0n) is 14.8. The lowest BCUT2D eigenvalue weighted by molar-refractivity contribution is -0.992. The molecule has 1 fully saturated rings. The minimum atomic E-state index is -0.128. The van der Waals surface area contributed by atoms with Gasteiger partial charge in [-0.1, -0.05) is 67.2 Å². The predicted molar refractivity (Wildman–Crippen MR) is 99.9 cm³/mol. The van der Waals surface area contributed by atoms with Gasteiger partial charge in [0.1, 0.15) is 12.6 Å². The van der Waals surface area contributed by atoms with Crippen molar-refractivity contribution in [2.24, 2.45) is 0 Å². The first-order valence-electron chi connectivity index (χ1n) is 8.91. The van der Waals surface area contributed by atoms with Gasteiger partial charge in [-0.25, -0.2) is 4.79 Å². The molecule has 0 amide bonds. The lowest BCUT2D eigenvalue weighted by Crippen LogP contribution is -2.69. The van der Waals surface area contributed by atoms with Crippen LogP contribution in [-0.2, 0) is 16.1 Å². The van der Waals surface area contributed by atoms with Gasteiger partial charge in [-0.2, -0.15) is 0 Å². The van der Waals surface area contributed by atoms with E-state index in [9.17, 15) is 4.79 Å². The smallest absolute Gasteiger partial charge is 0.361 e. The van der Waals surface area contributed by atoms with Gasteiger partial charge in [-0.15, -0.1) is 0 Å². The van der Waals surface area contributed by atoms with Gasteiger partial charge in [0, 0.05) is 5.56 Å². The van der Waals surface area contributed by atoms with Gasteiger partial charge in [0.05, 0.1) is 19.1 Å². The van der Waals surface area contributed by atoms with E-state index >= 15 is 0 Å². The van der Waals surface area contributed by atoms with Crippen molar-refractivity contribution in [2.45, 2.75) is 25.4 Å². The van der Waals surface area contributed by atoms with Crippen molar-refractivity contribution in [1.29, 1.82) is 0 Å². The third-order valence-corrected chi connectivity index (χ3v) is 5.16. The Morgan fingerprint density at radius 2 is 1.80 bits per heavy atom. The number of ether oxygens (including phenoxy) is 1. The fourth-order valence-corrected chi connectivity index (χ4v) is 4.06. The van der Waals surface area contributed by atoms with Crippen molar-refractivity contribution >= 4 is 5.97 Å². The second kappa shape index (κ2) is 7.66. The highest BCUT2D eigenvalue weighted by molar-refractivity contribution is 5.70. The maximum atomic E-state index is 12.3. The van der Waals surface area contributed by atoms with E-state index < -0.39 is 0 Å². The Balaban J connectivity index is 1.86. The van der Waals surface area contributed by atoms with Crippen LogP contribution in [0.3, 0.4) is 0 Å². The number of quaternary nitrogens is 1. The van der Waals surface area contributed by atoms with Gasteiger partial charge in [0.25, 0.3) is 0 Å². The molecule has 2 aromatic carbocycles. The average molecular weight is 336 g/mol. The van der Waals surface area contributed by atoms with E-state index in [1.165, 1.54) is 11.1 Å². The maximum Gasteiger partial charge on any atom is 0.361 e. The van der Waals surface area contributed by atoms with Crippen molar-refractivity contribution in [2.75, 3.05) is 19.7 Å². The summed E-state index contributed by atoms with van der Waals surface area (Å²) in [5.74, 6) is 0.272. The molecule has 25 heavy (non-hydrogen) atoms. The topological polar surface area (TPSA) is 26.3 Å². The third-order valence-electron chi connectivity index (χ3n) is 5.16. The summed E-state index contributed by atoms with van der Waals surface area (Å²) in [5, 5.41) is 0. The molecule has 0 N–H and O–H groups in total. The van der Waals surface area contributed by atoms with Gasteiger partial charge in [-0.05, 0) is 18.6 Å². The van der Waals surface area contributed by atoms with Crippen molar-refractivity contribution in [3.05, 3.63) is 84.4 Å². The Bertz CT molecular complexity index is 713. The molecule has 0 aliphatic carbocycles. The van der Waals surface area contributed by atoms with Crippen LogP contribution >= 0.6 is 0 Å². The lowest BCUT2D eigenvalue weighted by Gasteiger charge is -2.55. The van der Waals surface area contributed by atoms with Crippen LogP contribution in [0.25, 0.3) is 0 Å². The van der Waals surface area contributed by atoms with Crippen LogP contribution in [0.4, 0.5) is 0 Å². The second-order valence-corrected chi connectivity index (χ2v) is 6.75. The van der Waals surface area contributed by atoms with E-state index in [2.05, 4.69) is 43.0 Å². The first kappa shape index (κ1) is 17.4. The molecule has 1 aliphatic rings. The molecule has 0 radical (unpaired) electrons. The molecule has 3 heteroatoms. The molecular weight excluding hydrogens is 310 g/mol. The van der Waals surface area contributed by atoms with E-state index in [0.717, 1.165) is 13.1 Å². The summed E-state index contributed by atoms with van der Waals surface area (Å²) >= 11 is 0. The van der Waals surface area contributed by atoms with Crippen molar-refractivity contribution in [1.82, 2.24) is 0 Å². The Labute approximate surface area is 150 Å². The van der Waals surface area contributed by atoms with Gasteiger partial charge in [0.15, 0.2) is 6.54 Å². The molecule has 3 nitrogen and oxygen atoms in total. The van der Waals surface area contributed by atoms with Gasteiger partial charge < -0.3 is 9.22 Å². The molecule has 3 rings (SSSR count). The molecule has 0 unspecified atom stereocenters. The van der Waals surface area contributed by atoms with E-state index in [-0.39, 0.29) is 12.0 Å². The standard InChI is InChI=1S/C22H26NO2/c1-3-21-20(19-13-9-6-10-14-19)16-23(21,17-22(24)25-4-2)15-18-11-7-5-8-12-18/h3,5-14,20-21H,1,4,15-17H2,2H3/q+1/t20-,21-,23-/m0/s1. The summed E-state index contributed by atoms with van der Waals surface area (Å²) in [5.41, 5.74) is 2.56. The normalized spacial score (nSPS) is 25.0. The molecule has 0 bridgehead atoms. The Kier molecular flexibility index (Phi) is 5.34.